The third-order valence-electron chi connectivity index (χ3n) is 4.09. The molecule has 2 heterocycles. The number of nitrogens with zero attached hydrogens (tertiary/aromatic N) is 2. The molecule has 7 heteroatoms. The fourth-order valence-corrected chi connectivity index (χ4v) is 2.78. The number of para-hydroxylation sites is 1. The molecule has 0 amide bonds. The molecule has 26 heavy (non-hydrogen) atoms. The number of benzene rings is 2. The first-order chi connectivity index (χ1) is 12.5. The van der Waals surface area contributed by atoms with Crippen LogP contribution in [-0.2, 0) is 0 Å². The number of fused-ring (bicyclic) bond motifs is 1. The van der Waals surface area contributed by atoms with Crippen molar-refractivity contribution in [3.8, 4) is 5.69 Å². The van der Waals surface area contributed by atoms with E-state index in [4.69, 9.17) is 4.52 Å². The van der Waals surface area contributed by atoms with E-state index in [9.17, 15) is 14.7 Å². The summed E-state index contributed by atoms with van der Waals surface area (Å²) in [6.07, 6.45) is 1.13. The lowest BCUT2D eigenvalue weighted by Gasteiger charge is -2.06. The topological polar surface area (TPSA) is 102 Å². The molecular weight excluding hydrogens is 334 g/mol. The summed E-state index contributed by atoms with van der Waals surface area (Å²) in [4.78, 5) is 28.7. The fraction of sp³-hybridized carbons (Fsp3) is 0.0526. The number of hydrogen-bond donors (Lipinski definition) is 1. The zero-order chi connectivity index (χ0) is 18.3. The van der Waals surface area contributed by atoms with Crippen molar-refractivity contribution in [2.45, 2.75) is 6.92 Å². The molecule has 128 valence electrons. The second-order valence-corrected chi connectivity index (χ2v) is 5.86. The molecule has 0 aliphatic carbocycles. The lowest BCUT2D eigenvalue weighted by Crippen LogP contribution is -2.40. The lowest BCUT2D eigenvalue weighted by atomic mass is 10.0. The Morgan fingerprint density at radius 2 is 1.92 bits per heavy atom. The van der Waals surface area contributed by atoms with Gasteiger partial charge in [0.2, 0.25) is 5.69 Å². The van der Waals surface area contributed by atoms with Crippen LogP contribution in [0.2, 0.25) is 0 Å². The molecule has 1 aliphatic rings. The van der Waals surface area contributed by atoms with Crippen molar-refractivity contribution < 1.29 is 19.1 Å². The highest BCUT2D eigenvalue weighted by atomic mass is 16.5. The molecule has 0 saturated heterocycles. The minimum absolute atomic E-state index is 0.154. The van der Waals surface area contributed by atoms with Gasteiger partial charge in [-0.1, -0.05) is 35.9 Å². The number of hydrogen-bond acceptors (Lipinski definition) is 5. The fourth-order valence-electron chi connectivity index (χ4n) is 2.78. The van der Waals surface area contributed by atoms with Gasteiger partial charge in [-0.05, 0) is 34.4 Å². The number of carbonyl (C=O) groups is 1. The Hall–Kier alpha value is -3.74. The molecule has 1 aromatic heterocycles. The number of aryl methyl sites for hydroxylation is 1. The first kappa shape index (κ1) is 15.8. The van der Waals surface area contributed by atoms with Gasteiger partial charge >= 0.3 is 11.3 Å². The van der Waals surface area contributed by atoms with E-state index in [2.05, 4.69) is 10.3 Å². The average Bonchev–Trinajstić information content (AvgIpc) is 3.16. The van der Waals surface area contributed by atoms with Crippen molar-refractivity contribution in [2.24, 2.45) is 4.99 Å². The number of ketones is 1. The van der Waals surface area contributed by atoms with Crippen LogP contribution in [0.25, 0.3) is 11.3 Å². The molecule has 1 N–H and O–H groups in total. The Balaban J connectivity index is 1.79. The molecular formula is C19H13N3O4. The molecule has 0 atom stereocenters. The first-order valence-corrected chi connectivity index (χ1v) is 7.86. The van der Waals surface area contributed by atoms with E-state index in [0.29, 0.717) is 16.9 Å². The van der Waals surface area contributed by atoms with Gasteiger partial charge in [-0.15, -0.1) is 0 Å². The second kappa shape index (κ2) is 5.96. The van der Waals surface area contributed by atoms with Crippen molar-refractivity contribution in [1.29, 1.82) is 0 Å². The van der Waals surface area contributed by atoms with Gasteiger partial charge in [-0.2, -0.15) is 0 Å². The largest absolute Gasteiger partial charge is 0.858 e. The summed E-state index contributed by atoms with van der Waals surface area (Å²) in [6, 6.07) is 14.1. The monoisotopic (exact) mass is 347 g/mol. The maximum Gasteiger partial charge on any atom is 0.439 e. The summed E-state index contributed by atoms with van der Waals surface area (Å²) < 4.78 is 6.04. The first-order valence-electron chi connectivity index (χ1n) is 7.86. The smallest absolute Gasteiger partial charge is 0.439 e. The Kier molecular flexibility index (Phi) is 3.62. The predicted molar refractivity (Wildman–Crippen MR) is 91.4 cm³/mol. The highest BCUT2D eigenvalue weighted by molar-refractivity contribution is 6.28. The van der Waals surface area contributed by atoms with E-state index in [0.717, 1.165) is 11.6 Å². The van der Waals surface area contributed by atoms with Crippen molar-refractivity contribution in [3.05, 3.63) is 81.8 Å². The number of nitrogens with one attached hydrogen (secondary N) is 1. The highest BCUT2D eigenvalue weighted by Gasteiger charge is 2.30. The van der Waals surface area contributed by atoms with Crippen LogP contribution in [0.3, 0.4) is 0 Å². The van der Waals surface area contributed by atoms with Crippen molar-refractivity contribution in [3.63, 3.8) is 0 Å². The zero-order valence-electron chi connectivity index (χ0n) is 13.7. The number of allylic oxidation sites excluding steroid dienone is 1. The van der Waals surface area contributed by atoms with E-state index in [1.54, 1.807) is 36.4 Å². The van der Waals surface area contributed by atoms with Crippen LogP contribution in [0, 0.1) is 6.92 Å². The van der Waals surface area contributed by atoms with E-state index in [-0.39, 0.29) is 11.3 Å². The van der Waals surface area contributed by atoms with Crippen molar-refractivity contribution in [2.75, 3.05) is 0 Å². The van der Waals surface area contributed by atoms with Crippen LogP contribution in [0.15, 0.2) is 68.9 Å². The number of H-pyrrole nitrogens is 1. The summed E-state index contributed by atoms with van der Waals surface area (Å²) in [5.74, 6) is -1.16. The van der Waals surface area contributed by atoms with Crippen LogP contribution >= 0.6 is 0 Å². The number of aromatic amines is 1. The SMILES string of the molecule is Cc1ccc(-[n+]2[nH]oc(=O)c2C(=O)/C=C2/C([O-])=Nc3ccccc32)cc1. The number of carbonyl (C=O) groups excluding carboxylic acids is 1. The summed E-state index contributed by atoms with van der Waals surface area (Å²) in [5, 5.41) is 14.5. The van der Waals surface area contributed by atoms with Gasteiger partial charge in [0.25, 0.3) is 5.78 Å². The van der Waals surface area contributed by atoms with E-state index in [1.165, 1.54) is 4.68 Å². The summed E-state index contributed by atoms with van der Waals surface area (Å²) in [6.45, 7) is 1.93. The second-order valence-electron chi connectivity index (χ2n) is 5.86. The quantitative estimate of drug-likeness (QED) is 0.437. The molecule has 4 rings (SSSR count). The molecule has 0 fully saturated rings. The van der Waals surface area contributed by atoms with Gasteiger partial charge in [0.15, 0.2) is 0 Å². The van der Waals surface area contributed by atoms with Crippen LogP contribution in [-0.4, -0.2) is 17.0 Å². The maximum absolute atomic E-state index is 12.7. The molecule has 1 aliphatic heterocycles. The molecule has 0 unspecified atom stereocenters. The Morgan fingerprint density at radius 3 is 2.69 bits per heavy atom. The normalized spacial score (nSPS) is 14.3. The predicted octanol–water partition coefficient (Wildman–Crippen LogP) is 1.22. The molecule has 0 saturated carbocycles. The van der Waals surface area contributed by atoms with Gasteiger partial charge in [0, 0.05) is 23.8 Å². The Morgan fingerprint density at radius 1 is 1.19 bits per heavy atom. The van der Waals surface area contributed by atoms with Gasteiger partial charge < -0.3 is 5.11 Å². The molecule has 2 aromatic carbocycles. The summed E-state index contributed by atoms with van der Waals surface area (Å²) in [7, 11) is 0. The van der Waals surface area contributed by atoms with Crippen LogP contribution < -0.4 is 15.4 Å². The minimum Gasteiger partial charge on any atom is -0.858 e. The Bertz CT molecular complexity index is 1130. The molecule has 0 bridgehead atoms. The molecule has 0 spiro atoms. The summed E-state index contributed by atoms with van der Waals surface area (Å²) >= 11 is 0. The minimum atomic E-state index is -0.817. The van der Waals surface area contributed by atoms with Crippen LogP contribution in [0.4, 0.5) is 5.69 Å². The van der Waals surface area contributed by atoms with Gasteiger partial charge in [0.1, 0.15) is 0 Å². The standard InChI is InChI=1S/C19H13N3O4/c1-11-6-8-12(9-7-11)22-17(19(25)26-21-22)16(23)10-14-13-4-2-3-5-15(13)20-18(14)24/h2-10H,1H3,(H-,20,21,23,24,25). The van der Waals surface area contributed by atoms with Crippen LogP contribution in [0.1, 0.15) is 21.6 Å². The number of rotatable bonds is 3. The van der Waals surface area contributed by atoms with Crippen LogP contribution in [0.5, 0.6) is 0 Å². The molecule has 3 aromatic rings. The molecule has 7 nitrogen and oxygen atoms in total. The van der Waals surface area contributed by atoms with E-state index < -0.39 is 17.3 Å². The third-order valence-corrected chi connectivity index (χ3v) is 4.09. The number of aliphatic imine (C=N–C) groups is 1. The highest BCUT2D eigenvalue weighted by Crippen LogP contribution is 2.32. The van der Waals surface area contributed by atoms with Gasteiger partial charge in [0.05, 0.1) is 5.69 Å². The van der Waals surface area contributed by atoms with Crippen molar-refractivity contribution in [1.82, 2.24) is 5.27 Å². The van der Waals surface area contributed by atoms with Crippen molar-refractivity contribution >= 4 is 22.9 Å². The Labute approximate surface area is 147 Å². The van der Waals surface area contributed by atoms with E-state index >= 15 is 0 Å². The van der Waals surface area contributed by atoms with Gasteiger partial charge in [-0.3, -0.25) is 14.3 Å². The van der Waals surface area contributed by atoms with Gasteiger partial charge in [-0.25, -0.2) is 4.79 Å². The van der Waals surface area contributed by atoms with E-state index in [1.807, 2.05) is 19.1 Å². The maximum atomic E-state index is 12.7. The lowest BCUT2D eigenvalue weighted by molar-refractivity contribution is -0.672. The third kappa shape index (κ3) is 2.55. The number of aromatic nitrogens is 2. The zero-order valence-corrected chi connectivity index (χ0v) is 13.7. The summed E-state index contributed by atoms with van der Waals surface area (Å²) in [5.41, 5.74) is 1.77. The average molecular weight is 347 g/mol. The molecule has 0 radical (unpaired) electrons.